The maximum atomic E-state index is 12.0. The molecule has 1 aliphatic heterocycles. The minimum absolute atomic E-state index is 0.00409. The second-order valence-corrected chi connectivity index (χ2v) is 12.4. The first-order valence-electron chi connectivity index (χ1n) is 12.0. The molecular formula is C24H38N2OS. The van der Waals surface area contributed by atoms with E-state index < -0.39 is 0 Å². The molecule has 1 heterocycles. The van der Waals surface area contributed by atoms with Gasteiger partial charge in [0.15, 0.2) is 5.17 Å². The molecule has 1 amide bonds. The lowest BCUT2D eigenvalue weighted by Gasteiger charge is -2.60. The lowest BCUT2D eigenvalue weighted by atomic mass is 9.45. The van der Waals surface area contributed by atoms with Crippen molar-refractivity contribution in [3.05, 3.63) is 0 Å². The molecule has 0 aromatic carbocycles. The van der Waals surface area contributed by atoms with Crippen molar-refractivity contribution in [1.82, 2.24) is 0 Å². The summed E-state index contributed by atoms with van der Waals surface area (Å²) in [6.45, 7) is 5.30. The summed E-state index contributed by atoms with van der Waals surface area (Å²) in [7, 11) is 0. The van der Waals surface area contributed by atoms with E-state index in [9.17, 15) is 4.79 Å². The van der Waals surface area contributed by atoms with Crippen molar-refractivity contribution in [3.8, 4) is 0 Å². The molecule has 156 valence electrons. The molecule has 4 fully saturated rings. The van der Waals surface area contributed by atoms with Crippen molar-refractivity contribution in [3.63, 3.8) is 0 Å². The SMILES string of the molecule is CC12CCCCC1CCC1C2CCC2(C)C(CCC3SC(N)=NC3=O)CCC12. The number of hydrogen-bond donors (Lipinski definition) is 1. The number of nitrogens with zero attached hydrogens (tertiary/aromatic N) is 1. The Morgan fingerprint density at radius 3 is 2.57 bits per heavy atom. The van der Waals surface area contributed by atoms with E-state index >= 15 is 0 Å². The molecular weight excluding hydrogens is 364 g/mol. The third-order valence-electron chi connectivity index (χ3n) is 10.3. The van der Waals surface area contributed by atoms with Gasteiger partial charge in [-0.3, -0.25) is 4.79 Å². The van der Waals surface area contributed by atoms with E-state index in [1.165, 1.54) is 82.4 Å². The molecule has 2 N–H and O–H groups in total. The quantitative estimate of drug-likeness (QED) is 0.652. The molecule has 5 aliphatic rings. The van der Waals surface area contributed by atoms with Crippen LogP contribution in [0.15, 0.2) is 4.99 Å². The Bertz CT molecular complexity index is 678. The summed E-state index contributed by atoms with van der Waals surface area (Å²) < 4.78 is 0. The Balaban J connectivity index is 1.28. The van der Waals surface area contributed by atoms with Crippen molar-refractivity contribution in [2.45, 2.75) is 96.1 Å². The Morgan fingerprint density at radius 1 is 0.964 bits per heavy atom. The molecule has 4 saturated carbocycles. The van der Waals surface area contributed by atoms with E-state index in [1.807, 2.05) is 0 Å². The van der Waals surface area contributed by atoms with Crippen LogP contribution in [-0.2, 0) is 4.79 Å². The molecule has 0 aromatic heterocycles. The van der Waals surface area contributed by atoms with E-state index in [0.29, 0.717) is 16.0 Å². The van der Waals surface area contributed by atoms with Crippen LogP contribution < -0.4 is 5.73 Å². The summed E-state index contributed by atoms with van der Waals surface area (Å²) in [4.78, 5) is 16.0. The molecule has 0 radical (unpaired) electrons. The smallest absolute Gasteiger partial charge is 0.261 e. The maximum Gasteiger partial charge on any atom is 0.261 e. The van der Waals surface area contributed by atoms with E-state index in [1.54, 1.807) is 0 Å². The lowest BCUT2D eigenvalue weighted by Crippen LogP contribution is -2.52. The molecule has 3 nitrogen and oxygen atoms in total. The summed E-state index contributed by atoms with van der Waals surface area (Å²) in [5.41, 5.74) is 6.92. The Kier molecular flexibility index (Phi) is 4.88. The van der Waals surface area contributed by atoms with Gasteiger partial charge in [-0.15, -0.1) is 0 Å². The number of hydrogen-bond acceptors (Lipinski definition) is 3. The van der Waals surface area contributed by atoms with Gasteiger partial charge >= 0.3 is 0 Å². The molecule has 0 bridgehead atoms. The second kappa shape index (κ2) is 7.03. The molecule has 4 heteroatoms. The molecule has 4 aliphatic carbocycles. The third-order valence-corrected chi connectivity index (χ3v) is 11.4. The van der Waals surface area contributed by atoms with Crippen LogP contribution >= 0.6 is 11.8 Å². The summed E-state index contributed by atoms with van der Waals surface area (Å²) in [5, 5.41) is 0.471. The summed E-state index contributed by atoms with van der Waals surface area (Å²) >= 11 is 1.49. The fourth-order valence-corrected chi connectivity index (χ4v) is 9.66. The van der Waals surface area contributed by atoms with Crippen LogP contribution in [0.2, 0.25) is 0 Å². The first-order chi connectivity index (χ1) is 13.4. The largest absolute Gasteiger partial charge is 0.378 e. The van der Waals surface area contributed by atoms with E-state index in [2.05, 4.69) is 18.8 Å². The highest BCUT2D eigenvalue weighted by Gasteiger charge is 2.59. The molecule has 8 atom stereocenters. The van der Waals surface area contributed by atoms with E-state index in [0.717, 1.165) is 36.0 Å². The average Bonchev–Trinajstić information content (AvgIpc) is 3.17. The van der Waals surface area contributed by atoms with E-state index in [-0.39, 0.29) is 11.2 Å². The van der Waals surface area contributed by atoms with Crippen LogP contribution in [0.3, 0.4) is 0 Å². The summed E-state index contributed by atoms with van der Waals surface area (Å²) in [6.07, 6.45) is 16.8. The van der Waals surface area contributed by atoms with E-state index in [4.69, 9.17) is 5.73 Å². The molecule has 8 unspecified atom stereocenters. The summed E-state index contributed by atoms with van der Waals surface area (Å²) in [6, 6.07) is 0. The monoisotopic (exact) mass is 402 g/mol. The van der Waals surface area contributed by atoms with Gasteiger partial charge in [0.05, 0.1) is 5.25 Å². The van der Waals surface area contributed by atoms with Crippen LogP contribution in [0.5, 0.6) is 0 Å². The predicted octanol–water partition coefficient (Wildman–Crippen LogP) is 5.77. The van der Waals surface area contributed by atoms with Gasteiger partial charge in [0.1, 0.15) is 0 Å². The number of amides is 1. The van der Waals surface area contributed by atoms with Crippen molar-refractivity contribution < 1.29 is 4.79 Å². The van der Waals surface area contributed by atoms with Gasteiger partial charge in [0.25, 0.3) is 5.91 Å². The second-order valence-electron chi connectivity index (χ2n) is 11.2. The van der Waals surface area contributed by atoms with Gasteiger partial charge in [-0.05, 0) is 105 Å². The zero-order valence-corrected chi connectivity index (χ0v) is 18.6. The normalized spacial score (nSPS) is 50.6. The highest BCUT2D eigenvalue weighted by molar-refractivity contribution is 8.15. The van der Waals surface area contributed by atoms with Crippen molar-refractivity contribution in [1.29, 1.82) is 0 Å². The minimum Gasteiger partial charge on any atom is -0.378 e. The van der Waals surface area contributed by atoms with Crippen LogP contribution in [0, 0.1) is 40.4 Å². The Hall–Kier alpha value is -0.510. The molecule has 0 saturated heterocycles. The standard InChI is InChI=1S/C24H38N2OS/c1-23-13-4-3-5-15(23)6-9-17-18-10-7-16(24(18,2)14-12-19(17)23)8-11-20-21(27)26-22(25)28-20/h15-20H,3-14H2,1-2H3,(H2,25,26,27). The van der Waals surface area contributed by atoms with Crippen LogP contribution in [0.1, 0.15) is 90.9 Å². The number of carbonyl (C=O) groups excluding carboxylic acids is 1. The molecule has 0 aromatic rings. The zero-order chi connectivity index (χ0) is 19.5. The minimum atomic E-state index is -0.00409. The van der Waals surface area contributed by atoms with Crippen LogP contribution in [0.4, 0.5) is 0 Å². The lowest BCUT2D eigenvalue weighted by molar-refractivity contribution is -0.117. The highest BCUT2D eigenvalue weighted by atomic mass is 32.2. The number of aliphatic imine (C=N–C) groups is 1. The molecule has 5 rings (SSSR count). The highest BCUT2D eigenvalue weighted by Crippen LogP contribution is 2.67. The first-order valence-corrected chi connectivity index (χ1v) is 12.8. The van der Waals surface area contributed by atoms with Crippen molar-refractivity contribution in [2.75, 3.05) is 0 Å². The maximum absolute atomic E-state index is 12.0. The van der Waals surface area contributed by atoms with Crippen molar-refractivity contribution >= 4 is 22.8 Å². The van der Waals surface area contributed by atoms with Gasteiger partial charge in [-0.1, -0.05) is 38.5 Å². The van der Waals surface area contributed by atoms with Crippen molar-refractivity contribution in [2.24, 2.45) is 51.1 Å². The fraction of sp³-hybridized carbons (Fsp3) is 0.917. The topological polar surface area (TPSA) is 55.4 Å². The van der Waals surface area contributed by atoms with Gasteiger partial charge in [-0.25, -0.2) is 0 Å². The number of amidine groups is 1. The van der Waals surface area contributed by atoms with Crippen LogP contribution in [0.25, 0.3) is 0 Å². The van der Waals surface area contributed by atoms with Gasteiger partial charge in [0, 0.05) is 0 Å². The van der Waals surface area contributed by atoms with Crippen LogP contribution in [-0.4, -0.2) is 16.3 Å². The molecule has 0 spiro atoms. The predicted molar refractivity (Wildman–Crippen MR) is 117 cm³/mol. The fourth-order valence-electron chi connectivity index (χ4n) is 8.82. The number of nitrogens with two attached hydrogens (primary N) is 1. The van der Waals surface area contributed by atoms with Gasteiger partial charge in [-0.2, -0.15) is 4.99 Å². The Labute approximate surface area is 175 Å². The third kappa shape index (κ3) is 2.91. The molecule has 28 heavy (non-hydrogen) atoms. The first kappa shape index (κ1) is 19.5. The Morgan fingerprint density at radius 2 is 1.79 bits per heavy atom. The number of rotatable bonds is 3. The number of fused-ring (bicyclic) bond motifs is 5. The number of thioether (sulfide) groups is 1. The van der Waals surface area contributed by atoms with Gasteiger partial charge in [0.2, 0.25) is 0 Å². The average molecular weight is 403 g/mol. The van der Waals surface area contributed by atoms with Gasteiger partial charge < -0.3 is 5.73 Å². The summed E-state index contributed by atoms with van der Waals surface area (Å²) in [5.74, 6) is 4.72. The number of carbonyl (C=O) groups is 1. The zero-order valence-electron chi connectivity index (χ0n) is 17.8.